The first-order valence-electron chi connectivity index (χ1n) is 11.0. The predicted octanol–water partition coefficient (Wildman–Crippen LogP) is 5.17. The third-order valence-corrected chi connectivity index (χ3v) is 5.70. The maximum Gasteiger partial charge on any atom is 0.315 e. The number of aryl methyl sites for hydroxylation is 1. The minimum absolute atomic E-state index is 0.168. The molecule has 0 saturated carbocycles. The summed E-state index contributed by atoms with van der Waals surface area (Å²) in [5, 5.41) is 5.93. The van der Waals surface area contributed by atoms with E-state index in [2.05, 4.69) is 39.9 Å². The molecule has 1 heterocycles. The standard InChI is InChI=1S/C27H27FN4O/c1-32-18-17-29-26(32)25(22-13-8-14-23(28)19-22)31-27(33)30-16-15-24(20-9-4-2-5-10-20)21-11-6-3-7-12-21/h2-14,17-19,24-25H,15-16H2,1H3,(H2,30,31,33). The smallest absolute Gasteiger partial charge is 0.315 e. The average Bonchev–Trinajstić information content (AvgIpc) is 3.27. The van der Waals surface area contributed by atoms with Crippen molar-refractivity contribution in [1.29, 1.82) is 0 Å². The second kappa shape index (κ2) is 10.6. The topological polar surface area (TPSA) is 59.0 Å². The normalized spacial score (nSPS) is 11.8. The van der Waals surface area contributed by atoms with E-state index >= 15 is 0 Å². The molecule has 1 unspecified atom stereocenters. The molecule has 0 radical (unpaired) electrons. The largest absolute Gasteiger partial charge is 0.338 e. The first-order chi connectivity index (χ1) is 16.1. The van der Waals surface area contributed by atoms with Gasteiger partial charge in [-0.05, 0) is 35.2 Å². The minimum Gasteiger partial charge on any atom is -0.338 e. The van der Waals surface area contributed by atoms with Gasteiger partial charge in [0.1, 0.15) is 17.7 Å². The Labute approximate surface area is 193 Å². The Balaban J connectivity index is 1.45. The molecule has 33 heavy (non-hydrogen) atoms. The van der Waals surface area contributed by atoms with Gasteiger partial charge >= 0.3 is 6.03 Å². The number of carbonyl (C=O) groups excluding carboxylic acids is 1. The molecule has 0 aliphatic heterocycles. The maximum absolute atomic E-state index is 13.9. The number of aromatic nitrogens is 2. The van der Waals surface area contributed by atoms with Crippen LogP contribution in [0.1, 0.15) is 40.9 Å². The highest BCUT2D eigenvalue weighted by molar-refractivity contribution is 5.74. The molecule has 3 aromatic carbocycles. The number of imidazole rings is 1. The van der Waals surface area contributed by atoms with Gasteiger partial charge in [-0.2, -0.15) is 0 Å². The zero-order chi connectivity index (χ0) is 23.0. The minimum atomic E-state index is -0.570. The van der Waals surface area contributed by atoms with E-state index in [1.54, 1.807) is 24.5 Å². The molecule has 0 aliphatic carbocycles. The molecule has 168 valence electrons. The molecule has 6 heteroatoms. The van der Waals surface area contributed by atoms with Crippen molar-refractivity contribution in [1.82, 2.24) is 20.2 Å². The lowest BCUT2D eigenvalue weighted by molar-refractivity contribution is 0.238. The summed E-state index contributed by atoms with van der Waals surface area (Å²) in [7, 11) is 1.85. The van der Waals surface area contributed by atoms with Crippen LogP contribution in [0.4, 0.5) is 9.18 Å². The second-order valence-corrected chi connectivity index (χ2v) is 7.95. The Morgan fingerprint density at radius 1 is 0.939 bits per heavy atom. The van der Waals surface area contributed by atoms with Crippen LogP contribution in [-0.2, 0) is 7.05 Å². The summed E-state index contributed by atoms with van der Waals surface area (Å²) in [6.07, 6.45) is 4.20. The number of nitrogens with one attached hydrogen (secondary N) is 2. The van der Waals surface area contributed by atoms with Crippen LogP contribution in [0.5, 0.6) is 0 Å². The van der Waals surface area contributed by atoms with Gasteiger partial charge in [-0.25, -0.2) is 14.2 Å². The van der Waals surface area contributed by atoms with Gasteiger partial charge < -0.3 is 15.2 Å². The Morgan fingerprint density at radius 3 is 2.15 bits per heavy atom. The summed E-state index contributed by atoms with van der Waals surface area (Å²) < 4.78 is 15.7. The van der Waals surface area contributed by atoms with Crippen molar-refractivity contribution in [3.8, 4) is 0 Å². The van der Waals surface area contributed by atoms with Crippen LogP contribution in [0.25, 0.3) is 0 Å². The molecule has 5 nitrogen and oxygen atoms in total. The molecule has 0 aliphatic rings. The highest BCUT2D eigenvalue weighted by Crippen LogP contribution is 2.27. The van der Waals surface area contributed by atoms with Crippen molar-refractivity contribution in [2.45, 2.75) is 18.4 Å². The second-order valence-electron chi connectivity index (χ2n) is 7.95. The van der Waals surface area contributed by atoms with Crippen molar-refractivity contribution in [3.05, 3.63) is 126 Å². The van der Waals surface area contributed by atoms with Crippen molar-refractivity contribution in [3.63, 3.8) is 0 Å². The van der Waals surface area contributed by atoms with Crippen molar-refractivity contribution < 1.29 is 9.18 Å². The van der Waals surface area contributed by atoms with Gasteiger partial charge in [-0.3, -0.25) is 0 Å². The van der Waals surface area contributed by atoms with Gasteiger partial charge in [-0.15, -0.1) is 0 Å². The summed E-state index contributed by atoms with van der Waals surface area (Å²) in [4.78, 5) is 17.2. The zero-order valence-corrected chi connectivity index (χ0v) is 18.5. The summed E-state index contributed by atoms with van der Waals surface area (Å²) in [6.45, 7) is 0.483. The van der Waals surface area contributed by atoms with E-state index in [0.29, 0.717) is 17.9 Å². The van der Waals surface area contributed by atoms with Gasteiger partial charge in [0.15, 0.2) is 0 Å². The van der Waals surface area contributed by atoms with Gasteiger partial charge in [0.2, 0.25) is 0 Å². The summed E-state index contributed by atoms with van der Waals surface area (Å²) in [6, 6.07) is 25.9. The maximum atomic E-state index is 13.9. The van der Waals surface area contributed by atoms with Crippen molar-refractivity contribution >= 4 is 6.03 Å². The first kappa shape index (κ1) is 22.3. The van der Waals surface area contributed by atoms with E-state index in [1.807, 2.05) is 48.0 Å². The van der Waals surface area contributed by atoms with Crippen molar-refractivity contribution in [2.24, 2.45) is 7.05 Å². The molecule has 0 saturated heterocycles. The fourth-order valence-corrected chi connectivity index (χ4v) is 4.05. The quantitative estimate of drug-likeness (QED) is 0.396. The Morgan fingerprint density at radius 2 is 1.58 bits per heavy atom. The summed E-state index contributed by atoms with van der Waals surface area (Å²) >= 11 is 0. The van der Waals surface area contributed by atoms with Crippen molar-refractivity contribution in [2.75, 3.05) is 6.54 Å². The zero-order valence-electron chi connectivity index (χ0n) is 18.5. The molecule has 4 aromatic rings. The monoisotopic (exact) mass is 442 g/mol. The number of carbonyl (C=O) groups is 1. The molecular weight excluding hydrogens is 415 g/mol. The highest BCUT2D eigenvalue weighted by atomic mass is 19.1. The molecule has 1 aromatic heterocycles. The van der Waals surface area contributed by atoms with Gasteiger partial charge in [0.05, 0.1) is 0 Å². The molecule has 2 amide bonds. The van der Waals surface area contributed by atoms with Crippen LogP contribution in [0.2, 0.25) is 0 Å². The number of hydrogen-bond donors (Lipinski definition) is 2. The van der Waals surface area contributed by atoms with Gasteiger partial charge in [0.25, 0.3) is 0 Å². The van der Waals surface area contributed by atoms with Crippen LogP contribution in [0.3, 0.4) is 0 Å². The molecule has 0 fully saturated rings. The fourth-order valence-electron chi connectivity index (χ4n) is 4.05. The molecular formula is C27H27FN4O. The SMILES string of the molecule is Cn1ccnc1C(NC(=O)NCCC(c1ccccc1)c1ccccc1)c1cccc(F)c1. The molecule has 0 bridgehead atoms. The number of halogens is 1. The third kappa shape index (κ3) is 5.66. The highest BCUT2D eigenvalue weighted by Gasteiger charge is 2.21. The van der Waals surface area contributed by atoms with E-state index in [-0.39, 0.29) is 17.8 Å². The Bertz CT molecular complexity index is 1140. The molecule has 4 rings (SSSR count). The number of hydrogen-bond acceptors (Lipinski definition) is 2. The average molecular weight is 443 g/mol. The summed E-state index contributed by atoms with van der Waals surface area (Å²) in [5.74, 6) is 0.436. The molecule has 2 N–H and O–H groups in total. The fraction of sp³-hybridized carbons (Fsp3) is 0.185. The number of benzene rings is 3. The van der Waals surface area contributed by atoms with E-state index in [0.717, 1.165) is 6.42 Å². The first-order valence-corrected chi connectivity index (χ1v) is 11.0. The van der Waals surface area contributed by atoms with Gasteiger partial charge in [0, 0.05) is 31.9 Å². The molecule has 0 spiro atoms. The summed E-state index contributed by atoms with van der Waals surface area (Å²) in [5.41, 5.74) is 3.04. The number of nitrogens with zero attached hydrogens (tertiary/aromatic N) is 2. The number of urea groups is 1. The van der Waals surface area contributed by atoms with E-state index < -0.39 is 6.04 Å². The number of amides is 2. The van der Waals surface area contributed by atoms with Crippen LogP contribution in [0.15, 0.2) is 97.3 Å². The van der Waals surface area contributed by atoms with Crippen LogP contribution in [-0.4, -0.2) is 22.1 Å². The number of rotatable bonds is 8. The van der Waals surface area contributed by atoms with E-state index in [1.165, 1.54) is 23.3 Å². The van der Waals surface area contributed by atoms with E-state index in [4.69, 9.17) is 0 Å². The predicted molar refractivity (Wildman–Crippen MR) is 127 cm³/mol. The lowest BCUT2D eigenvalue weighted by Crippen LogP contribution is -2.40. The lowest BCUT2D eigenvalue weighted by Gasteiger charge is -2.21. The van der Waals surface area contributed by atoms with Crippen LogP contribution in [0, 0.1) is 5.82 Å². The Hall–Kier alpha value is -3.93. The molecule has 1 atom stereocenters. The van der Waals surface area contributed by atoms with Crippen LogP contribution < -0.4 is 10.6 Å². The third-order valence-electron chi connectivity index (χ3n) is 5.70. The van der Waals surface area contributed by atoms with Crippen LogP contribution >= 0.6 is 0 Å². The lowest BCUT2D eigenvalue weighted by atomic mass is 9.88. The van der Waals surface area contributed by atoms with Gasteiger partial charge in [-0.1, -0.05) is 72.8 Å². The Kier molecular flexibility index (Phi) is 7.15. The van der Waals surface area contributed by atoms with E-state index in [9.17, 15) is 9.18 Å².